The molecular formula is C26H30Cl3N3O3. The molecule has 1 amide bonds. The predicted octanol–water partition coefficient (Wildman–Crippen LogP) is 6.49. The fourth-order valence-corrected chi connectivity index (χ4v) is 4.62. The lowest BCUT2D eigenvalue weighted by Gasteiger charge is -2.16. The van der Waals surface area contributed by atoms with Crippen molar-refractivity contribution in [1.82, 2.24) is 14.9 Å². The number of ether oxygens (including phenoxy) is 2. The number of halogens is 3. The van der Waals surface area contributed by atoms with Crippen LogP contribution in [0.3, 0.4) is 0 Å². The van der Waals surface area contributed by atoms with Gasteiger partial charge < -0.3 is 19.4 Å². The molecule has 6 nitrogen and oxygen atoms in total. The van der Waals surface area contributed by atoms with E-state index in [4.69, 9.17) is 44.3 Å². The smallest absolute Gasteiger partial charge is 0.220 e. The zero-order chi connectivity index (χ0) is 25.5. The number of imidazole rings is 1. The molecule has 0 saturated carbocycles. The number of nitrogens with zero attached hydrogens (tertiary/aromatic N) is 2. The normalized spacial score (nSPS) is 11.9. The van der Waals surface area contributed by atoms with Crippen molar-refractivity contribution in [3.63, 3.8) is 0 Å². The third-order valence-electron chi connectivity index (χ3n) is 5.98. The first-order valence-corrected chi connectivity index (χ1v) is 12.5. The van der Waals surface area contributed by atoms with Gasteiger partial charge in [-0.25, -0.2) is 4.98 Å². The number of rotatable bonds is 11. The second-order valence-corrected chi connectivity index (χ2v) is 9.62. The molecule has 0 aliphatic heterocycles. The monoisotopic (exact) mass is 537 g/mol. The Morgan fingerprint density at radius 1 is 1.09 bits per heavy atom. The van der Waals surface area contributed by atoms with Crippen LogP contribution in [0.2, 0.25) is 15.3 Å². The maximum atomic E-state index is 12.6. The number of hydrogen-bond donors (Lipinski definition) is 1. The van der Waals surface area contributed by atoms with Gasteiger partial charge in [0.1, 0.15) is 11.0 Å². The quantitative estimate of drug-likeness (QED) is 0.303. The molecule has 1 aromatic heterocycles. The number of methoxy groups -OCH3 is 2. The van der Waals surface area contributed by atoms with Crippen LogP contribution in [0.25, 0.3) is 0 Å². The summed E-state index contributed by atoms with van der Waals surface area (Å²) in [5.74, 6) is 1.90. The second kappa shape index (κ2) is 12.5. The molecule has 0 fully saturated rings. The van der Waals surface area contributed by atoms with Gasteiger partial charge in [0.05, 0.1) is 32.3 Å². The van der Waals surface area contributed by atoms with Crippen molar-refractivity contribution in [3.05, 3.63) is 74.2 Å². The Balaban J connectivity index is 1.56. The summed E-state index contributed by atoms with van der Waals surface area (Å²) in [5, 5.41) is 4.07. The van der Waals surface area contributed by atoms with Crippen LogP contribution in [0.1, 0.15) is 42.3 Å². The Kier molecular flexibility index (Phi) is 9.72. The van der Waals surface area contributed by atoms with Gasteiger partial charge in [0.25, 0.3) is 0 Å². The molecule has 1 N–H and O–H groups in total. The SMILES string of the molecule is COc1ccc(CC(C)CCC(=O)NCc2nc(Cl)c(Cl)n2Cc2ccccc2C)c(Cl)c1OC. The molecular weight excluding hydrogens is 509 g/mol. The van der Waals surface area contributed by atoms with Gasteiger partial charge in [0, 0.05) is 6.42 Å². The lowest BCUT2D eigenvalue weighted by molar-refractivity contribution is -0.121. The maximum absolute atomic E-state index is 12.6. The summed E-state index contributed by atoms with van der Waals surface area (Å²) in [6.07, 6.45) is 1.81. The largest absolute Gasteiger partial charge is 0.493 e. The highest BCUT2D eigenvalue weighted by molar-refractivity contribution is 6.40. The van der Waals surface area contributed by atoms with E-state index < -0.39 is 0 Å². The number of nitrogens with one attached hydrogen (secondary N) is 1. The molecule has 1 unspecified atom stereocenters. The Labute approximate surface area is 221 Å². The van der Waals surface area contributed by atoms with Gasteiger partial charge >= 0.3 is 0 Å². The van der Waals surface area contributed by atoms with Crippen LogP contribution in [-0.4, -0.2) is 29.7 Å². The Hall–Kier alpha value is -2.41. The minimum atomic E-state index is -0.0621. The molecule has 1 atom stereocenters. The number of hydrogen-bond acceptors (Lipinski definition) is 4. The lowest BCUT2D eigenvalue weighted by atomic mass is 9.96. The molecule has 0 spiro atoms. The fraction of sp³-hybridized carbons (Fsp3) is 0.385. The summed E-state index contributed by atoms with van der Waals surface area (Å²) in [4.78, 5) is 16.9. The summed E-state index contributed by atoms with van der Waals surface area (Å²) in [6, 6.07) is 11.8. The van der Waals surface area contributed by atoms with Gasteiger partial charge in [-0.1, -0.05) is 72.1 Å². The predicted molar refractivity (Wildman–Crippen MR) is 141 cm³/mol. The first kappa shape index (κ1) is 27.2. The van der Waals surface area contributed by atoms with Gasteiger partial charge in [0.15, 0.2) is 16.7 Å². The number of aromatic nitrogens is 2. The minimum absolute atomic E-state index is 0.0621. The summed E-state index contributed by atoms with van der Waals surface area (Å²) in [5.41, 5.74) is 3.21. The van der Waals surface area contributed by atoms with Crippen molar-refractivity contribution < 1.29 is 14.3 Å². The molecule has 0 aliphatic rings. The molecule has 3 rings (SSSR count). The molecule has 0 radical (unpaired) electrons. The highest BCUT2D eigenvalue weighted by Crippen LogP contribution is 2.38. The summed E-state index contributed by atoms with van der Waals surface area (Å²) >= 11 is 19.1. The molecule has 3 aromatic rings. The van der Waals surface area contributed by atoms with Crippen molar-refractivity contribution in [2.75, 3.05) is 14.2 Å². The van der Waals surface area contributed by atoms with Crippen LogP contribution in [0.15, 0.2) is 36.4 Å². The molecule has 2 aromatic carbocycles. The molecule has 0 aliphatic carbocycles. The summed E-state index contributed by atoms with van der Waals surface area (Å²) in [7, 11) is 3.14. The van der Waals surface area contributed by atoms with E-state index in [1.54, 1.807) is 14.2 Å². The Morgan fingerprint density at radius 3 is 2.51 bits per heavy atom. The molecule has 1 heterocycles. The summed E-state index contributed by atoms with van der Waals surface area (Å²) in [6.45, 7) is 4.90. The van der Waals surface area contributed by atoms with Crippen molar-refractivity contribution in [2.24, 2.45) is 5.92 Å². The van der Waals surface area contributed by atoms with Gasteiger partial charge in [-0.3, -0.25) is 4.79 Å². The van der Waals surface area contributed by atoms with E-state index in [1.165, 1.54) is 0 Å². The van der Waals surface area contributed by atoms with Crippen molar-refractivity contribution in [3.8, 4) is 11.5 Å². The molecule has 188 valence electrons. The number of aryl methyl sites for hydroxylation is 1. The average Bonchev–Trinajstić information content (AvgIpc) is 3.11. The molecule has 35 heavy (non-hydrogen) atoms. The van der Waals surface area contributed by atoms with E-state index in [2.05, 4.69) is 17.2 Å². The first-order chi connectivity index (χ1) is 16.7. The second-order valence-electron chi connectivity index (χ2n) is 8.52. The molecule has 0 bridgehead atoms. The van der Waals surface area contributed by atoms with E-state index in [0.29, 0.717) is 46.9 Å². The minimum Gasteiger partial charge on any atom is -0.493 e. The lowest BCUT2D eigenvalue weighted by Crippen LogP contribution is -2.25. The fourth-order valence-electron chi connectivity index (χ4n) is 3.91. The van der Waals surface area contributed by atoms with Crippen LogP contribution < -0.4 is 14.8 Å². The number of benzene rings is 2. The van der Waals surface area contributed by atoms with Gasteiger partial charge in [-0.2, -0.15) is 0 Å². The molecule has 9 heteroatoms. The number of amides is 1. The van der Waals surface area contributed by atoms with Crippen LogP contribution in [0.5, 0.6) is 11.5 Å². The van der Waals surface area contributed by atoms with Gasteiger partial charge in [0.2, 0.25) is 5.91 Å². The van der Waals surface area contributed by atoms with E-state index in [1.807, 2.05) is 47.9 Å². The molecule has 0 saturated heterocycles. The van der Waals surface area contributed by atoms with E-state index in [-0.39, 0.29) is 23.5 Å². The average molecular weight is 539 g/mol. The zero-order valence-electron chi connectivity index (χ0n) is 20.3. The topological polar surface area (TPSA) is 65.4 Å². The van der Waals surface area contributed by atoms with E-state index in [9.17, 15) is 4.79 Å². The third kappa shape index (κ3) is 6.84. The van der Waals surface area contributed by atoms with Crippen LogP contribution in [-0.2, 0) is 24.3 Å². The van der Waals surface area contributed by atoms with Crippen LogP contribution in [0.4, 0.5) is 0 Å². The van der Waals surface area contributed by atoms with Crippen molar-refractivity contribution in [1.29, 1.82) is 0 Å². The number of carbonyl (C=O) groups is 1. The van der Waals surface area contributed by atoms with E-state index in [0.717, 1.165) is 23.1 Å². The van der Waals surface area contributed by atoms with Crippen LogP contribution in [0, 0.1) is 12.8 Å². The van der Waals surface area contributed by atoms with Crippen molar-refractivity contribution >= 4 is 40.7 Å². The third-order valence-corrected chi connectivity index (χ3v) is 7.13. The number of carbonyl (C=O) groups excluding carboxylic acids is 1. The first-order valence-electron chi connectivity index (χ1n) is 11.4. The standard InChI is InChI=1S/C26H30Cl3N3O3/c1-16(13-18-10-11-20(34-3)24(35-4)23(18)27)9-12-22(33)30-14-21-31-25(28)26(29)32(21)15-19-8-6-5-7-17(19)2/h5-8,10-11,16H,9,12-15H2,1-4H3,(H,30,33). The van der Waals surface area contributed by atoms with Crippen molar-refractivity contribution in [2.45, 2.75) is 46.2 Å². The highest BCUT2D eigenvalue weighted by atomic mass is 35.5. The maximum Gasteiger partial charge on any atom is 0.220 e. The zero-order valence-corrected chi connectivity index (χ0v) is 22.6. The summed E-state index contributed by atoms with van der Waals surface area (Å²) < 4.78 is 12.5. The van der Waals surface area contributed by atoms with Gasteiger partial charge in [-0.15, -0.1) is 0 Å². The Bertz CT molecular complexity index is 1180. The van der Waals surface area contributed by atoms with Crippen LogP contribution >= 0.6 is 34.8 Å². The Morgan fingerprint density at radius 2 is 1.83 bits per heavy atom. The van der Waals surface area contributed by atoms with E-state index >= 15 is 0 Å². The highest BCUT2D eigenvalue weighted by Gasteiger charge is 2.18. The van der Waals surface area contributed by atoms with Gasteiger partial charge in [-0.05, 0) is 48.4 Å².